The summed E-state index contributed by atoms with van der Waals surface area (Å²) in [5.41, 5.74) is 11.8. The Bertz CT molecular complexity index is 981. The number of phosphoric acid groups is 1. The Hall–Kier alpha value is -2.09. The van der Waals surface area contributed by atoms with Gasteiger partial charge in [0.2, 0.25) is 0 Å². The molecular weight excluding hydrogens is 659 g/mol. The number of esters is 4. The molecular formula is C34H65N2O12P. The second kappa shape index (κ2) is 27.6. The van der Waals surface area contributed by atoms with Crippen LogP contribution in [0.4, 0.5) is 0 Å². The highest BCUT2D eigenvalue weighted by atomic mass is 31.2. The van der Waals surface area contributed by atoms with Gasteiger partial charge in [0.05, 0.1) is 13.2 Å². The third-order valence-corrected chi connectivity index (χ3v) is 8.30. The number of phosphoric ester groups is 1. The summed E-state index contributed by atoms with van der Waals surface area (Å²) in [5.74, 6) is -2.55. The summed E-state index contributed by atoms with van der Waals surface area (Å²) in [5, 5.41) is 0. The van der Waals surface area contributed by atoms with Crippen LogP contribution in [0.5, 0.6) is 0 Å². The van der Waals surface area contributed by atoms with E-state index in [1.54, 1.807) is 0 Å². The van der Waals surface area contributed by atoms with Crippen LogP contribution in [0.15, 0.2) is 0 Å². The third kappa shape index (κ3) is 27.3. The van der Waals surface area contributed by atoms with Gasteiger partial charge in [0.1, 0.15) is 25.3 Å². The minimum atomic E-state index is -4.83. The van der Waals surface area contributed by atoms with Crippen LogP contribution in [-0.2, 0) is 51.7 Å². The van der Waals surface area contributed by atoms with E-state index in [4.69, 9.17) is 39.5 Å². The first-order valence-corrected chi connectivity index (χ1v) is 19.4. The Kier molecular flexibility index (Phi) is 26.4. The molecule has 0 fully saturated rings. The molecule has 0 aliphatic rings. The lowest BCUT2D eigenvalue weighted by molar-refractivity contribution is -0.163. The molecule has 0 aromatic rings. The van der Waals surface area contributed by atoms with Crippen molar-refractivity contribution in [2.45, 2.75) is 156 Å². The molecule has 15 heteroatoms. The predicted molar refractivity (Wildman–Crippen MR) is 185 cm³/mol. The minimum Gasteiger partial charge on any atom is -0.462 e. The van der Waals surface area contributed by atoms with Crippen molar-refractivity contribution >= 4 is 31.7 Å². The van der Waals surface area contributed by atoms with E-state index < -0.39 is 82.4 Å². The maximum absolute atomic E-state index is 12.7. The maximum Gasteiger partial charge on any atom is 0.472 e. The van der Waals surface area contributed by atoms with Crippen molar-refractivity contribution in [3.63, 3.8) is 0 Å². The summed E-state index contributed by atoms with van der Waals surface area (Å²) in [6, 6.07) is -1.90. The summed E-state index contributed by atoms with van der Waals surface area (Å²) < 4.78 is 43.5. The van der Waals surface area contributed by atoms with Gasteiger partial charge in [-0.2, -0.15) is 0 Å². The number of hydrogen-bond acceptors (Lipinski definition) is 13. The van der Waals surface area contributed by atoms with Crippen LogP contribution < -0.4 is 11.5 Å². The second-order valence-electron chi connectivity index (χ2n) is 13.4. The molecule has 0 amide bonds. The Morgan fingerprint density at radius 3 is 1.53 bits per heavy atom. The topological polar surface area (TPSA) is 213 Å². The number of ether oxygens (including phenoxy) is 4. The lowest BCUT2D eigenvalue weighted by atomic mass is 10.0. The van der Waals surface area contributed by atoms with Gasteiger partial charge < -0.3 is 35.3 Å². The van der Waals surface area contributed by atoms with E-state index in [1.165, 1.54) is 44.9 Å². The van der Waals surface area contributed by atoms with Gasteiger partial charge in [0, 0.05) is 13.3 Å². The monoisotopic (exact) mass is 724 g/mol. The highest BCUT2D eigenvalue weighted by Gasteiger charge is 2.30. The molecule has 288 valence electrons. The van der Waals surface area contributed by atoms with Gasteiger partial charge in [-0.3, -0.25) is 28.2 Å². The second-order valence-corrected chi connectivity index (χ2v) is 14.9. The number of rotatable bonds is 30. The molecule has 5 atom stereocenters. The summed E-state index contributed by atoms with van der Waals surface area (Å²) in [6.45, 7) is 8.60. The van der Waals surface area contributed by atoms with Crippen LogP contribution in [0.3, 0.4) is 0 Å². The highest BCUT2D eigenvalue weighted by Crippen LogP contribution is 2.43. The molecule has 0 saturated carbocycles. The Morgan fingerprint density at radius 1 is 0.633 bits per heavy atom. The van der Waals surface area contributed by atoms with E-state index in [9.17, 15) is 28.6 Å². The van der Waals surface area contributed by atoms with Crippen molar-refractivity contribution < 1.29 is 56.6 Å². The highest BCUT2D eigenvalue weighted by molar-refractivity contribution is 7.47. The minimum absolute atomic E-state index is 0.0872. The van der Waals surface area contributed by atoms with Gasteiger partial charge >= 0.3 is 31.7 Å². The molecule has 0 aromatic carbocycles. The van der Waals surface area contributed by atoms with E-state index in [0.717, 1.165) is 26.2 Å². The fraction of sp³-hybridized carbons (Fsp3) is 0.882. The molecule has 49 heavy (non-hydrogen) atoms. The average molecular weight is 725 g/mol. The largest absolute Gasteiger partial charge is 0.472 e. The summed E-state index contributed by atoms with van der Waals surface area (Å²) in [4.78, 5) is 59.0. The molecule has 0 spiro atoms. The molecule has 2 unspecified atom stereocenters. The fourth-order valence-electron chi connectivity index (χ4n) is 4.79. The Balaban J connectivity index is 4.87. The first kappa shape index (κ1) is 46.9. The summed E-state index contributed by atoms with van der Waals surface area (Å²) in [7, 11) is -4.83. The molecule has 0 rings (SSSR count). The SMILES string of the molecule is CCCCCCCCCCCCCC(=O)OC[C@H](COP(=O)(O)OCC(COC(=O)[C@@H](N)CC(C)C)OC(=O)[C@@H](N)CC(C)C)OC(C)=O. The van der Waals surface area contributed by atoms with Crippen LogP contribution >= 0.6 is 7.82 Å². The van der Waals surface area contributed by atoms with E-state index in [-0.39, 0.29) is 18.3 Å². The summed E-state index contributed by atoms with van der Waals surface area (Å²) >= 11 is 0. The summed E-state index contributed by atoms with van der Waals surface area (Å²) in [6.07, 6.45) is 10.9. The van der Waals surface area contributed by atoms with Crippen LogP contribution in [0.2, 0.25) is 0 Å². The average Bonchev–Trinajstić information content (AvgIpc) is 3.01. The quantitative estimate of drug-likeness (QED) is 0.0361. The van der Waals surface area contributed by atoms with Crippen LogP contribution in [0.1, 0.15) is 131 Å². The molecule has 0 radical (unpaired) electrons. The molecule has 0 aliphatic heterocycles. The number of carbonyl (C=O) groups excluding carboxylic acids is 4. The third-order valence-electron chi connectivity index (χ3n) is 7.34. The van der Waals surface area contributed by atoms with Gasteiger partial charge in [0.25, 0.3) is 0 Å². The molecule has 0 bridgehead atoms. The number of carbonyl (C=O) groups is 4. The van der Waals surface area contributed by atoms with Gasteiger partial charge in [0.15, 0.2) is 12.2 Å². The van der Waals surface area contributed by atoms with Crippen LogP contribution in [0.25, 0.3) is 0 Å². The van der Waals surface area contributed by atoms with E-state index in [2.05, 4.69) is 6.92 Å². The van der Waals surface area contributed by atoms with Crippen LogP contribution in [-0.4, -0.2) is 79.5 Å². The van der Waals surface area contributed by atoms with Gasteiger partial charge in [-0.15, -0.1) is 0 Å². The smallest absolute Gasteiger partial charge is 0.462 e. The normalized spacial score (nSPS) is 15.2. The van der Waals surface area contributed by atoms with Crippen LogP contribution in [0, 0.1) is 11.8 Å². The zero-order valence-corrected chi connectivity index (χ0v) is 31.6. The first-order valence-electron chi connectivity index (χ1n) is 17.9. The van der Waals surface area contributed by atoms with Crippen molar-refractivity contribution in [3.05, 3.63) is 0 Å². The zero-order valence-electron chi connectivity index (χ0n) is 30.7. The van der Waals surface area contributed by atoms with Gasteiger partial charge in [-0.1, -0.05) is 98.8 Å². The van der Waals surface area contributed by atoms with Crippen molar-refractivity contribution in [3.8, 4) is 0 Å². The molecule has 0 saturated heterocycles. The zero-order chi connectivity index (χ0) is 37.2. The molecule has 0 aromatic heterocycles. The number of unbranched alkanes of at least 4 members (excludes halogenated alkanes) is 10. The molecule has 5 N–H and O–H groups in total. The van der Waals surface area contributed by atoms with E-state index >= 15 is 0 Å². The lowest BCUT2D eigenvalue weighted by Crippen LogP contribution is -2.40. The van der Waals surface area contributed by atoms with Gasteiger partial charge in [-0.05, 0) is 31.1 Å². The maximum atomic E-state index is 12.7. The van der Waals surface area contributed by atoms with E-state index in [1.807, 2.05) is 27.7 Å². The van der Waals surface area contributed by atoms with Crippen molar-refractivity contribution in [2.24, 2.45) is 23.3 Å². The van der Waals surface area contributed by atoms with Crippen molar-refractivity contribution in [2.75, 3.05) is 26.4 Å². The predicted octanol–water partition coefficient (Wildman–Crippen LogP) is 5.50. The number of hydrogen-bond donors (Lipinski definition) is 3. The van der Waals surface area contributed by atoms with Crippen molar-refractivity contribution in [1.82, 2.24) is 0 Å². The van der Waals surface area contributed by atoms with Crippen molar-refractivity contribution in [1.29, 1.82) is 0 Å². The molecule has 0 heterocycles. The Morgan fingerprint density at radius 2 is 1.06 bits per heavy atom. The number of nitrogens with two attached hydrogens (primary N) is 2. The standard InChI is InChI=1S/C34H65N2O12P/c1-7-8-9-10-11-12-13-14-15-16-17-18-32(38)43-21-28(47-27(6)37)23-45-49(41,42)46-24-29(48-34(40)31(36)20-26(4)5)22-44-33(39)30(35)19-25(2)3/h25-26,28-31H,7-24,35-36H2,1-6H3,(H,41,42)/t28-,29?,30+,31+/m1/s1. The fourth-order valence-corrected chi connectivity index (χ4v) is 5.58. The molecule has 0 aliphatic carbocycles. The Labute approximate surface area is 293 Å². The first-order chi connectivity index (χ1) is 23.1. The molecule has 14 nitrogen and oxygen atoms in total. The van der Waals surface area contributed by atoms with E-state index in [0.29, 0.717) is 19.3 Å². The van der Waals surface area contributed by atoms with Gasteiger partial charge in [-0.25, -0.2) is 4.57 Å². The lowest BCUT2D eigenvalue weighted by Gasteiger charge is -2.23.